The molecule has 3 heterocycles. The lowest BCUT2D eigenvalue weighted by molar-refractivity contribution is 0.0907. The minimum atomic E-state index is -0.508. The van der Waals surface area contributed by atoms with E-state index >= 15 is 0 Å². The molecule has 0 saturated heterocycles. The first-order chi connectivity index (χ1) is 14.6. The predicted molar refractivity (Wildman–Crippen MR) is 107 cm³/mol. The first kappa shape index (κ1) is 19.2. The predicted octanol–water partition coefficient (Wildman–Crippen LogP) is 1.98. The van der Waals surface area contributed by atoms with Crippen molar-refractivity contribution in [3.8, 4) is 11.3 Å². The molecule has 9 nitrogen and oxygen atoms in total. The third-order valence-corrected chi connectivity index (χ3v) is 4.34. The lowest BCUT2D eigenvalue weighted by atomic mass is 10.1. The van der Waals surface area contributed by atoms with Gasteiger partial charge in [-0.1, -0.05) is 41.1 Å². The Bertz CT molecular complexity index is 1220. The van der Waals surface area contributed by atoms with Crippen LogP contribution in [0.2, 0.25) is 0 Å². The highest BCUT2D eigenvalue weighted by Gasteiger charge is 2.16. The number of hydrogen-bond donors (Lipinski definition) is 1. The van der Waals surface area contributed by atoms with E-state index in [-0.39, 0.29) is 30.4 Å². The zero-order valence-corrected chi connectivity index (χ0v) is 16.1. The standard InChI is InChI=1S/C21H18N6O3/c1-14-4-6-16(7-5-14)17-8-9-19(28)27(25-17)13-18-24-21(30-26-18)20(29)23-12-15-3-2-10-22-11-15/h2-11H,12-13H2,1H3,(H,23,29). The van der Waals surface area contributed by atoms with Crippen molar-refractivity contribution in [3.63, 3.8) is 0 Å². The summed E-state index contributed by atoms with van der Waals surface area (Å²) in [4.78, 5) is 32.4. The Hall–Kier alpha value is -4.14. The Balaban J connectivity index is 1.46. The third kappa shape index (κ3) is 4.46. The van der Waals surface area contributed by atoms with Crippen molar-refractivity contribution < 1.29 is 9.32 Å². The van der Waals surface area contributed by atoms with Gasteiger partial charge >= 0.3 is 11.8 Å². The maximum atomic E-state index is 12.2. The molecule has 0 radical (unpaired) electrons. The van der Waals surface area contributed by atoms with Crippen LogP contribution >= 0.6 is 0 Å². The Morgan fingerprint density at radius 3 is 2.73 bits per heavy atom. The van der Waals surface area contributed by atoms with Crippen LogP contribution in [0.4, 0.5) is 0 Å². The van der Waals surface area contributed by atoms with Crippen LogP contribution in [0.3, 0.4) is 0 Å². The number of rotatable bonds is 6. The van der Waals surface area contributed by atoms with E-state index in [2.05, 4.69) is 25.5 Å². The molecule has 3 aromatic heterocycles. The summed E-state index contributed by atoms with van der Waals surface area (Å²) < 4.78 is 6.26. The van der Waals surface area contributed by atoms with Crippen molar-refractivity contribution in [3.05, 3.63) is 94.1 Å². The molecule has 0 atom stereocenters. The Morgan fingerprint density at radius 2 is 1.97 bits per heavy atom. The second kappa shape index (κ2) is 8.48. The average molecular weight is 402 g/mol. The van der Waals surface area contributed by atoms with E-state index in [0.717, 1.165) is 16.7 Å². The van der Waals surface area contributed by atoms with E-state index in [4.69, 9.17) is 4.52 Å². The van der Waals surface area contributed by atoms with Gasteiger partial charge in [0.1, 0.15) is 6.54 Å². The molecule has 4 aromatic rings. The van der Waals surface area contributed by atoms with Gasteiger partial charge in [0.05, 0.1) is 5.69 Å². The molecule has 0 bridgehead atoms. The van der Waals surface area contributed by atoms with Crippen LogP contribution in [0.15, 0.2) is 70.2 Å². The number of amides is 1. The van der Waals surface area contributed by atoms with Gasteiger partial charge in [0.2, 0.25) is 0 Å². The lowest BCUT2D eigenvalue weighted by Gasteiger charge is -2.05. The van der Waals surface area contributed by atoms with E-state index < -0.39 is 5.91 Å². The summed E-state index contributed by atoms with van der Waals surface area (Å²) in [5.74, 6) is -0.514. The summed E-state index contributed by atoms with van der Waals surface area (Å²) in [6.45, 7) is 2.26. The molecule has 1 amide bonds. The number of nitrogens with one attached hydrogen (secondary N) is 1. The average Bonchev–Trinajstić information content (AvgIpc) is 3.24. The lowest BCUT2D eigenvalue weighted by Crippen LogP contribution is -2.24. The Morgan fingerprint density at radius 1 is 1.13 bits per heavy atom. The van der Waals surface area contributed by atoms with E-state index in [0.29, 0.717) is 5.69 Å². The smallest absolute Gasteiger partial charge is 0.316 e. The molecule has 9 heteroatoms. The van der Waals surface area contributed by atoms with Crippen LogP contribution < -0.4 is 10.9 Å². The number of nitrogens with zero attached hydrogens (tertiary/aromatic N) is 5. The number of benzene rings is 1. The molecule has 0 aliphatic rings. The van der Waals surface area contributed by atoms with Crippen LogP contribution in [0.1, 0.15) is 27.6 Å². The zero-order valence-electron chi connectivity index (χ0n) is 16.1. The molecule has 0 fully saturated rings. The summed E-state index contributed by atoms with van der Waals surface area (Å²) in [7, 11) is 0. The highest BCUT2D eigenvalue weighted by Crippen LogP contribution is 2.16. The van der Waals surface area contributed by atoms with E-state index in [1.807, 2.05) is 37.3 Å². The van der Waals surface area contributed by atoms with Gasteiger partial charge < -0.3 is 9.84 Å². The molecule has 1 aromatic carbocycles. The van der Waals surface area contributed by atoms with Crippen molar-refractivity contribution in [2.45, 2.75) is 20.0 Å². The Labute approximate surface area is 171 Å². The number of aryl methyl sites for hydroxylation is 1. The molecule has 1 N–H and O–H groups in total. The highest BCUT2D eigenvalue weighted by molar-refractivity contribution is 5.89. The van der Waals surface area contributed by atoms with Crippen molar-refractivity contribution in [1.29, 1.82) is 0 Å². The maximum Gasteiger partial charge on any atom is 0.316 e. The largest absolute Gasteiger partial charge is 0.344 e. The minimum absolute atomic E-state index is 0.0160. The quantitative estimate of drug-likeness (QED) is 0.524. The second-order valence-electron chi connectivity index (χ2n) is 6.64. The number of aromatic nitrogens is 5. The summed E-state index contributed by atoms with van der Waals surface area (Å²) in [6.07, 6.45) is 3.30. The van der Waals surface area contributed by atoms with Gasteiger partial charge in [-0.2, -0.15) is 10.1 Å². The number of carbonyl (C=O) groups excluding carboxylic acids is 1. The fourth-order valence-electron chi connectivity index (χ4n) is 2.75. The number of hydrogen-bond acceptors (Lipinski definition) is 7. The topological polar surface area (TPSA) is 116 Å². The van der Waals surface area contributed by atoms with Gasteiger partial charge in [0.15, 0.2) is 5.82 Å². The third-order valence-electron chi connectivity index (χ3n) is 4.34. The molecule has 150 valence electrons. The van der Waals surface area contributed by atoms with Gasteiger partial charge in [0, 0.05) is 30.6 Å². The van der Waals surface area contributed by atoms with E-state index in [1.165, 1.54) is 10.7 Å². The van der Waals surface area contributed by atoms with Gasteiger partial charge in [-0.25, -0.2) is 4.68 Å². The fourth-order valence-corrected chi connectivity index (χ4v) is 2.75. The van der Waals surface area contributed by atoms with Gasteiger partial charge in [-0.15, -0.1) is 0 Å². The highest BCUT2D eigenvalue weighted by atomic mass is 16.5. The van der Waals surface area contributed by atoms with Crippen molar-refractivity contribution in [2.24, 2.45) is 0 Å². The maximum absolute atomic E-state index is 12.2. The van der Waals surface area contributed by atoms with Crippen LogP contribution in [-0.4, -0.2) is 30.8 Å². The fraction of sp³-hybridized carbons (Fsp3) is 0.143. The molecule has 0 aliphatic heterocycles. The van der Waals surface area contributed by atoms with E-state index in [1.54, 1.807) is 24.5 Å². The molecule has 4 rings (SSSR count). The molecule has 0 saturated carbocycles. The molecular weight excluding hydrogens is 384 g/mol. The van der Waals surface area contributed by atoms with Crippen LogP contribution in [-0.2, 0) is 13.1 Å². The summed E-state index contributed by atoms with van der Waals surface area (Å²) >= 11 is 0. The van der Waals surface area contributed by atoms with Crippen molar-refractivity contribution in [1.82, 2.24) is 30.2 Å². The molecule has 0 spiro atoms. The first-order valence-corrected chi connectivity index (χ1v) is 9.23. The molecule has 30 heavy (non-hydrogen) atoms. The van der Waals surface area contributed by atoms with Crippen LogP contribution in [0.5, 0.6) is 0 Å². The SMILES string of the molecule is Cc1ccc(-c2ccc(=O)n(Cc3noc(C(=O)NCc4cccnc4)n3)n2)cc1. The minimum Gasteiger partial charge on any atom is -0.344 e. The second-order valence-corrected chi connectivity index (χ2v) is 6.64. The summed E-state index contributed by atoms with van der Waals surface area (Å²) in [6, 6.07) is 14.5. The number of carbonyl (C=O) groups is 1. The zero-order chi connectivity index (χ0) is 20.9. The van der Waals surface area contributed by atoms with Crippen molar-refractivity contribution in [2.75, 3.05) is 0 Å². The Kier molecular flexibility index (Phi) is 5.42. The van der Waals surface area contributed by atoms with Gasteiger partial charge in [-0.3, -0.25) is 14.6 Å². The monoisotopic (exact) mass is 402 g/mol. The van der Waals surface area contributed by atoms with Crippen LogP contribution in [0, 0.1) is 6.92 Å². The summed E-state index contributed by atoms with van der Waals surface area (Å²) in [5, 5.41) is 10.8. The normalized spacial score (nSPS) is 10.7. The van der Waals surface area contributed by atoms with Crippen LogP contribution in [0.25, 0.3) is 11.3 Å². The first-order valence-electron chi connectivity index (χ1n) is 9.23. The summed E-state index contributed by atoms with van der Waals surface area (Å²) in [5.41, 5.74) is 3.20. The van der Waals surface area contributed by atoms with Gasteiger partial charge in [-0.05, 0) is 24.6 Å². The van der Waals surface area contributed by atoms with Crippen molar-refractivity contribution >= 4 is 5.91 Å². The molecule has 0 aliphatic carbocycles. The van der Waals surface area contributed by atoms with Gasteiger partial charge in [0.25, 0.3) is 5.56 Å². The molecule has 0 unspecified atom stereocenters. The molecular formula is C21H18N6O3. The number of pyridine rings is 1. The van der Waals surface area contributed by atoms with E-state index in [9.17, 15) is 9.59 Å².